The Morgan fingerprint density at radius 3 is 2.33 bits per heavy atom. The minimum Gasteiger partial charge on any atom is -0.508 e. The maximum absolute atomic E-state index is 9.33. The van der Waals surface area contributed by atoms with Crippen molar-refractivity contribution < 1.29 is 9.84 Å². The first-order valence-electron chi connectivity index (χ1n) is 7.79. The molecule has 0 heterocycles. The van der Waals surface area contributed by atoms with Gasteiger partial charge >= 0.3 is 0 Å². The van der Waals surface area contributed by atoms with E-state index in [1.165, 1.54) is 0 Å². The highest BCUT2D eigenvalue weighted by molar-refractivity contribution is 5.77. The van der Waals surface area contributed by atoms with Crippen molar-refractivity contribution in [2.24, 2.45) is 10.2 Å². The molecule has 4 nitrogen and oxygen atoms in total. The number of ether oxygens (including phenoxy) is 1. The average molecular weight is 318 g/mol. The Morgan fingerprint density at radius 1 is 0.875 bits per heavy atom. The summed E-state index contributed by atoms with van der Waals surface area (Å²) in [5.74, 6) is 1.01. The molecule has 120 valence electrons. The van der Waals surface area contributed by atoms with E-state index in [0.717, 1.165) is 22.6 Å². The van der Waals surface area contributed by atoms with Crippen LogP contribution in [0.4, 0.5) is 11.4 Å². The highest BCUT2D eigenvalue weighted by atomic mass is 16.5. The molecular formula is C20H18N2O2. The molecule has 0 radical (unpaired) electrons. The maximum atomic E-state index is 9.33. The van der Waals surface area contributed by atoms with Gasteiger partial charge in [-0.15, -0.1) is 5.11 Å². The zero-order valence-electron chi connectivity index (χ0n) is 13.4. The van der Waals surface area contributed by atoms with E-state index in [9.17, 15) is 5.11 Å². The number of phenols is 1. The van der Waals surface area contributed by atoms with E-state index >= 15 is 0 Å². The number of rotatable bonds is 5. The van der Waals surface area contributed by atoms with E-state index in [-0.39, 0.29) is 5.75 Å². The van der Waals surface area contributed by atoms with Crippen LogP contribution in [0.15, 0.2) is 83.0 Å². The van der Waals surface area contributed by atoms with Gasteiger partial charge in [0.05, 0.1) is 18.0 Å². The van der Waals surface area contributed by atoms with Crippen molar-refractivity contribution in [3.05, 3.63) is 72.8 Å². The summed E-state index contributed by atoms with van der Waals surface area (Å²) in [7, 11) is 0. The summed E-state index contributed by atoms with van der Waals surface area (Å²) in [4.78, 5) is 0. The van der Waals surface area contributed by atoms with Crippen molar-refractivity contribution in [2.45, 2.75) is 6.92 Å². The molecular weight excluding hydrogens is 300 g/mol. The van der Waals surface area contributed by atoms with Crippen LogP contribution in [0.1, 0.15) is 6.92 Å². The van der Waals surface area contributed by atoms with Crippen LogP contribution in [0.5, 0.6) is 11.5 Å². The lowest BCUT2D eigenvalue weighted by Crippen LogP contribution is -1.91. The maximum Gasteiger partial charge on any atom is 0.120 e. The lowest BCUT2D eigenvalue weighted by atomic mass is 10.0. The lowest BCUT2D eigenvalue weighted by Gasteiger charge is -2.09. The molecule has 3 rings (SSSR count). The first-order valence-corrected chi connectivity index (χ1v) is 7.79. The van der Waals surface area contributed by atoms with Gasteiger partial charge in [0.2, 0.25) is 0 Å². The third-order valence-corrected chi connectivity index (χ3v) is 3.49. The summed E-state index contributed by atoms with van der Waals surface area (Å²) in [5.41, 5.74) is 3.46. The molecule has 0 amide bonds. The molecule has 0 saturated heterocycles. The fraction of sp³-hybridized carbons (Fsp3) is 0.100. The number of benzene rings is 3. The van der Waals surface area contributed by atoms with Crippen LogP contribution < -0.4 is 4.74 Å². The van der Waals surface area contributed by atoms with Gasteiger partial charge in [-0.1, -0.05) is 30.3 Å². The number of nitrogens with zero attached hydrogens (tertiary/aromatic N) is 2. The average Bonchev–Trinajstić information content (AvgIpc) is 2.63. The van der Waals surface area contributed by atoms with Crippen molar-refractivity contribution in [3.8, 4) is 22.6 Å². The van der Waals surface area contributed by atoms with Gasteiger partial charge in [0.15, 0.2) is 0 Å². The van der Waals surface area contributed by atoms with E-state index in [2.05, 4.69) is 10.2 Å². The van der Waals surface area contributed by atoms with Crippen LogP contribution in [-0.4, -0.2) is 11.7 Å². The molecule has 24 heavy (non-hydrogen) atoms. The van der Waals surface area contributed by atoms with Gasteiger partial charge < -0.3 is 9.84 Å². The Morgan fingerprint density at radius 2 is 1.62 bits per heavy atom. The fourth-order valence-corrected chi connectivity index (χ4v) is 2.34. The smallest absolute Gasteiger partial charge is 0.120 e. The third kappa shape index (κ3) is 3.79. The predicted molar refractivity (Wildman–Crippen MR) is 95.3 cm³/mol. The molecule has 0 atom stereocenters. The van der Waals surface area contributed by atoms with Gasteiger partial charge in [-0.3, -0.25) is 0 Å². The van der Waals surface area contributed by atoms with Crippen molar-refractivity contribution in [1.82, 2.24) is 0 Å². The molecule has 3 aromatic carbocycles. The molecule has 0 bridgehead atoms. The Hall–Kier alpha value is -3.14. The van der Waals surface area contributed by atoms with Gasteiger partial charge in [0.25, 0.3) is 0 Å². The first-order chi connectivity index (χ1) is 11.8. The summed E-state index contributed by atoms with van der Waals surface area (Å²) >= 11 is 0. The van der Waals surface area contributed by atoms with Crippen molar-refractivity contribution in [3.63, 3.8) is 0 Å². The van der Waals surface area contributed by atoms with Crippen LogP contribution in [0.2, 0.25) is 0 Å². The van der Waals surface area contributed by atoms with Crippen molar-refractivity contribution in [2.75, 3.05) is 6.61 Å². The van der Waals surface area contributed by atoms with Gasteiger partial charge in [-0.05, 0) is 55.0 Å². The van der Waals surface area contributed by atoms with Gasteiger partial charge in [0, 0.05) is 5.56 Å². The minimum absolute atomic E-state index is 0.208. The molecule has 1 N–H and O–H groups in total. The third-order valence-electron chi connectivity index (χ3n) is 3.49. The van der Waals surface area contributed by atoms with Gasteiger partial charge in [0.1, 0.15) is 11.5 Å². The molecule has 4 heteroatoms. The standard InChI is InChI=1S/C20H18N2O2/c1-2-24-18-12-13-20(19(14-18)15-6-4-3-5-7-15)22-21-16-8-10-17(23)11-9-16/h3-14,23H,2H2,1H3. The highest BCUT2D eigenvalue weighted by Crippen LogP contribution is 2.34. The zero-order valence-corrected chi connectivity index (χ0v) is 13.4. The van der Waals surface area contributed by atoms with E-state index in [0.29, 0.717) is 12.3 Å². The lowest BCUT2D eigenvalue weighted by molar-refractivity contribution is 0.340. The van der Waals surface area contributed by atoms with Crippen LogP contribution in [0.25, 0.3) is 11.1 Å². The second kappa shape index (κ2) is 7.42. The fourth-order valence-electron chi connectivity index (χ4n) is 2.34. The second-order valence-corrected chi connectivity index (χ2v) is 5.19. The predicted octanol–water partition coefficient (Wildman–Crippen LogP) is 5.87. The molecule has 0 aliphatic rings. The summed E-state index contributed by atoms with van der Waals surface area (Å²) in [5, 5.41) is 18.0. The monoisotopic (exact) mass is 318 g/mol. The quantitative estimate of drug-likeness (QED) is 0.598. The van der Waals surface area contributed by atoms with Crippen LogP contribution in [0, 0.1) is 0 Å². The van der Waals surface area contributed by atoms with Gasteiger partial charge in [-0.2, -0.15) is 5.11 Å². The van der Waals surface area contributed by atoms with E-state index < -0.39 is 0 Å². The largest absolute Gasteiger partial charge is 0.508 e. The van der Waals surface area contributed by atoms with Crippen LogP contribution >= 0.6 is 0 Å². The second-order valence-electron chi connectivity index (χ2n) is 5.19. The molecule has 0 saturated carbocycles. The zero-order chi connectivity index (χ0) is 16.8. The number of azo groups is 1. The SMILES string of the molecule is CCOc1ccc(N=Nc2ccc(O)cc2)c(-c2ccccc2)c1. The summed E-state index contributed by atoms with van der Waals surface area (Å²) < 4.78 is 5.60. The van der Waals surface area contributed by atoms with Crippen molar-refractivity contribution >= 4 is 11.4 Å². The van der Waals surface area contributed by atoms with E-state index in [1.807, 2.05) is 55.5 Å². The molecule has 0 spiro atoms. The number of phenolic OH excluding ortho intramolecular Hbond substituents is 1. The molecule has 0 aliphatic heterocycles. The Balaban J connectivity index is 1.98. The molecule has 0 fully saturated rings. The van der Waals surface area contributed by atoms with E-state index in [4.69, 9.17) is 4.74 Å². The molecule has 0 aromatic heterocycles. The summed E-state index contributed by atoms with van der Waals surface area (Å²) in [6.07, 6.45) is 0. The topological polar surface area (TPSA) is 54.2 Å². The first kappa shape index (κ1) is 15.7. The Labute approximate surface area is 141 Å². The number of aromatic hydroxyl groups is 1. The summed E-state index contributed by atoms with van der Waals surface area (Å²) in [6.45, 7) is 2.57. The summed E-state index contributed by atoms with van der Waals surface area (Å²) in [6, 6.07) is 22.4. The van der Waals surface area contributed by atoms with Crippen LogP contribution in [-0.2, 0) is 0 Å². The highest BCUT2D eigenvalue weighted by Gasteiger charge is 2.07. The normalized spacial score (nSPS) is 10.9. The number of hydrogen-bond donors (Lipinski definition) is 1. The molecule has 0 aliphatic carbocycles. The molecule has 0 unspecified atom stereocenters. The number of hydrogen-bond acceptors (Lipinski definition) is 4. The van der Waals surface area contributed by atoms with Crippen molar-refractivity contribution in [1.29, 1.82) is 0 Å². The van der Waals surface area contributed by atoms with Gasteiger partial charge in [-0.25, -0.2) is 0 Å². The Bertz CT molecular complexity index is 828. The van der Waals surface area contributed by atoms with E-state index in [1.54, 1.807) is 24.3 Å². The minimum atomic E-state index is 0.208. The van der Waals surface area contributed by atoms with Crippen LogP contribution in [0.3, 0.4) is 0 Å². The molecule has 3 aromatic rings. The Kier molecular flexibility index (Phi) is 4.87.